The van der Waals surface area contributed by atoms with Crippen LogP contribution in [0.5, 0.6) is 0 Å². The van der Waals surface area contributed by atoms with E-state index in [1.54, 1.807) is 0 Å². The molecule has 60 heavy (non-hydrogen) atoms. The van der Waals surface area contributed by atoms with E-state index in [0.29, 0.717) is 159 Å². The van der Waals surface area contributed by atoms with Crippen LogP contribution in [0.25, 0.3) is 11.1 Å². The van der Waals surface area contributed by atoms with Crippen molar-refractivity contribution in [2.45, 2.75) is 31.5 Å². The Balaban J connectivity index is 0.761. The molecular weight excluding hydrogens is 782 g/mol. The van der Waals surface area contributed by atoms with E-state index in [0.717, 1.165) is 25.9 Å². The first-order chi connectivity index (χ1) is 29.8. The van der Waals surface area contributed by atoms with Gasteiger partial charge in [0.1, 0.15) is 6.61 Å². The van der Waals surface area contributed by atoms with Gasteiger partial charge in [-0.1, -0.05) is 48.5 Å². The van der Waals surface area contributed by atoms with E-state index in [2.05, 4.69) is 29.6 Å². The minimum Gasteiger partial charge on any atom is -0.449 e. The summed E-state index contributed by atoms with van der Waals surface area (Å²) < 4.78 is 77.3. The third-order valence-corrected chi connectivity index (χ3v) is 9.25. The van der Waals surface area contributed by atoms with Gasteiger partial charge in [-0.3, -0.25) is 0 Å². The quantitative estimate of drug-likeness (QED) is 0.0952. The molecule has 0 saturated carbocycles. The Labute approximate surface area is 355 Å². The molecule has 2 aromatic rings. The van der Waals surface area contributed by atoms with Gasteiger partial charge in [0, 0.05) is 19.1 Å². The monoisotopic (exact) mass is 851 g/mol. The molecule has 1 aliphatic carbocycles. The molecule has 1 saturated heterocycles. The van der Waals surface area contributed by atoms with E-state index >= 15 is 0 Å². The Morgan fingerprint density at radius 3 is 1.23 bits per heavy atom. The third-order valence-electron chi connectivity index (χ3n) is 9.25. The maximum absolute atomic E-state index is 12.3. The topological polar surface area (TPSA) is 158 Å². The maximum Gasteiger partial charge on any atom is 0.407 e. The number of hydrogen-bond acceptors (Lipinski definition) is 15. The molecular formula is C44H69NO15. The number of carbonyl (C=O) groups excluding carboxylic acids is 1. The standard InChI is InChI=1S/C44H69NO15/c46-44(60-37-42-40-9-3-1-7-38(40)39-8-2-4-10-41(39)42)45-12-14-47-15-16-48-17-18-49-19-20-50-21-22-51-23-24-52-25-26-53-27-28-54-29-30-55-31-32-56-33-34-57-35-36-59-43-11-5-6-13-58-43/h1-4,7-10,42-43H,5-6,11-37H2,(H,45,46). The molecule has 340 valence electrons. The molecule has 4 rings (SSSR count). The number of hydrogen-bond donors (Lipinski definition) is 1. The fourth-order valence-electron chi connectivity index (χ4n) is 6.26. The second-order valence-electron chi connectivity index (χ2n) is 13.7. The molecule has 1 amide bonds. The van der Waals surface area contributed by atoms with E-state index in [1.807, 2.05) is 24.3 Å². The Kier molecular flexibility index (Phi) is 28.9. The average molecular weight is 852 g/mol. The van der Waals surface area contributed by atoms with Crippen LogP contribution in [0.2, 0.25) is 0 Å². The number of fused-ring (bicyclic) bond motifs is 3. The highest BCUT2D eigenvalue weighted by Crippen LogP contribution is 2.44. The van der Waals surface area contributed by atoms with Gasteiger partial charge >= 0.3 is 6.09 Å². The SMILES string of the molecule is O=C(NCCOCCOCCOCCOCCOCCOCCOCCOCCOCCOCCOCCOC1CCCCO1)OCC1c2ccccc2-c2ccccc21. The Bertz CT molecular complexity index is 1290. The Hall–Kier alpha value is -2.81. The number of rotatable bonds is 39. The number of carbonyl (C=O) groups is 1. The first-order valence-electron chi connectivity index (χ1n) is 21.5. The van der Waals surface area contributed by atoms with Crippen molar-refractivity contribution in [1.29, 1.82) is 0 Å². The Morgan fingerprint density at radius 2 is 0.850 bits per heavy atom. The van der Waals surface area contributed by atoms with Crippen molar-refractivity contribution in [2.24, 2.45) is 0 Å². The van der Waals surface area contributed by atoms with Gasteiger partial charge in [0.05, 0.1) is 152 Å². The van der Waals surface area contributed by atoms with Crippen molar-refractivity contribution in [1.82, 2.24) is 5.32 Å². The molecule has 0 bridgehead atoms. The smallest absolute Gasteiger partial charge is 0.407 e. The summed E-state index contributed by atoms with van der Waals surface area (Å²) in [5, 5.41) is 2.75. The van der Waals surface area contributed by atoms with Crippen LogP contribution >= 0.6 is 0 Å². The normalized spacial score (nSPS) is 15.0. The van der Waals surface area contributed by atoms with Gasteiger partial charge in [0.25, 0.3) is 0 Å². The molecule has 1 atom stereocenters. The fourth-order valence-corrected chi connectivity index (χ4v) is 6.26. The number of benzene rings is 2. The summed E-state index contributed by atoms with van der Waals surface area (Å²) in [5.74, 6) is 0.0350. The number of nitrogens with one attached hydrogen (secondary N) is 1. The average Bonchev–Trinajstić information content (AvgIpc) is 3.60. The maximum atomic E-state index is 12.3. The summed E-state index contributed by atoms with van der Waals surface area (Å²) in [5.41, 5.74) is 4.77. The van der Waals surface area contributed by atoms with Crippen LogP contribution in [0.1, 0.15) is 36.3 Å². The second-order valence-corrected chi connectivity index (χ2v) is 13.7. The van der Waals surface area contributed by atoms with Gasteiger partial charge in [-0.2, -0.15) is 0 Å². The number of ether oxygens (including phenoxy) is 14. The van der Waals surface area contributed by atoms with E-state index < -0.39 is 6.09 Å². The molecule has 1 fully saturated rings. The van der Waals surface area contributed by atoms with Gasteiger partial charge in [-0.25, -0.2) is 4.79 Å². The lowest BCUT2D eigenvalue weighted by Crippen LogP contribution is -2.29. The van der Waals surface area contributed by atoms with E-state index in [-0.39, 0.29) is 18.8 Å². The zero-order valence-corrected chi connectivity index (χ0v) is 35.4. The van der Waals surface area contributed by atoms with Gasteiger partial charge in [0.15, 0.2) is 6.29 Å². The van der Waals surface area contributed by atoms with Gasteiger partial charge < -0.3 is 71.6 Å². The van der Waals surface area contributed by atoms with Gasteiger partial charge in [0.2, 0.25) is 0 Å². The van der Waals surface area contributed by atoms with Gasteiger partial charge in [-0.15, -0.1) is 0 Å². The number of amides is 1. The van der Waals surface area contributed by atoms with Crippen molar-refractivity contribution < 1.29 is 71.1 Å². The van der Waals surface area contributed by atoms with Crippen LogP contribution in [0, 0.1) is 0 Å². The molecule has 1 unspecified atom stereocenters. The molecule has 0 aromatic heterocycles. The minimum atomic E-state index is -0.453. The molecule has 16 heteroatoms. The molecule has 0 spiro atoms. The zero-order chi connectivity index (χ0) is 41.8. The van der Waals surface area contributed by atoms with E-state index in [1.165, 1.54) is 22.3 Å². The van der Waals surface area contributed by atoms with Crippen molar-refractivity contribution >= 4 is 6.09 Å². The molecule has 0 radical (unpaired) electrons. The van der Waals surface area contributed by atoms with E-state index in [9.17, 15) is 4.79 Å². The van der Waals surface area contributed by atoms with Crippen LogP contribution in [0.15, 0.2) is 48.5 Å². The zero-order valence-electron chi connectivity index (χ0n) is 35.4. The van der Waals surface area contributed by atoms with Crippen LogP contribution in [-0.4, -0.2) is 184 Å². The third kappa shape index (κ3) is 22.9. The lowest BCUT2D eigenvalue weighted by Gasteiger charge is -2.22. The molecule has 16 nitrogen and oxygen atoms in total. The van der Waals surface area contributed by atoms with Crippen molar-refractivity contribution in [3.63, 3.8) is 0 Å². The molecule has 2 aromatic carbocycles. The predicted molar refractivity (Wildman–Crippen MR) is 222 cm³/mol. The molecule has 1 N–H and O–H groups in total. The highest BCUT2D eigenvalue weighted by Gasteiger charge is 2.29. The highest BCUT2D eigenvalue weighted by molar-refractivity contribution is 5.79. The van der Waals surface area contributed by atoms with Crippen LogP contribution in [-0.2, 0) is 66.3 Å². The number of alkyl carbamates (subject to hydrolysis) is 1. The van der Waals surface area contributed by atoms with Crippen molar-refractivity contribution in [3.05, 3.63) is 59.7 Å². The summed E-state index contributed by atoms with van der Waals surface area (Å²) in [4.78, 5) is 12.3. The summed E-state index contributed by atoms with van der Waals surface area (Å²) in [6.07, 6.45) is 2.72. The molecule has 1 aliphatic heterocycles. The summed E-state index contributed by atoms with van der Waals surface area (Å²) in [6.45, 7) is 12.7. The largest absolute Gasteiger partial charge is 0.449 e. The van der Waals surface area contributed by atoms with Gasteiger partial charge in [-0.05, 0) is 41.5 Å². The highest BCUT2D eigenvalue weighted by atomic mass is 16.7. The molecule has 2 aliphatic rings. The summed E-state index contributed by atoms with van der Waals surface area (Å²) >= 11 is 0. The van der Waals surface area contributed by atoms with Crippen molar-refractivity contribution in [3.8, 4) is 11.1 Å². The first-order valence-corrected chi connectivity index (χ1v) is 21.5. The minimum absolute atomic E-state index is 0.0350. The summed E-state index contributed by atoms with van der Waals surface area (Å²) in [6, 6.07) is 16.5. The Morgan fingerprint density at radius 1 is 0.483 bits per heavy atom. The predicted octanol–water partition coefficient (Wildman–Crippen LogP) is 4.25. The summed E-state index contributed by atoms with van der Waals surface area (Å²) in [7, 11) is 0. The van der Waals surface area contributed by atoms with Crippen LogP contribution in [0.3, 0.4) is 0 Å². The first kappa shape index (κ1) is 49.8. The second kappa shape index (κ2) is 34.7. The fraction of sp³-hybridized carbons (Fsp3) is 0.705. The molecule has 1 heterocycles. The van der Waals surface area contributed by atoms with Crippen LogP contribution in [0.4, 0.5) is 4.79 Å². The lowest BCUT2D eigenvalue weighted by molar-refractivity contribution is -0.169. The lowest BCUT2D eigenvalue weighted by atomic mass is 9.98. The van der Waals surface area contributed by atoms with E-state index in [4.69, 9.17) is 66.3 Å². The van der Waals surface area contributed by atoms with Crippen molar-refractivity contribution in [2.75, 3.05) is 172 Å². The van der Waals surface area contributed by atoms with Crippen LogP contribution < -0.4 is 5.32 Å².